The maximum Gasteiger partial charge on any atom is 0.328 e. The lowest BCUT2D eigenvalue weighted by molar-refractivity contribution is -0.134. The van der Waals surface area contributed by atoms with Crippen LogP contribution in [0.2, 0.25) is 0 Å². The molecule has 0 aromatic heterocycles. The van der Waals surface area contributed by atoms with Crippen LogP contribution in [0, 0.1) is 5.92 Å². The lowest BCUT2D eigenvalue weighted by atomic mass is 9.95. The van der Waals surface area contributed by atoms with Crippen molar-refractivity contribution in [2.24, 2.45) is 5.92 Å². The molecular weight excluding hydrogens is 244 g/mol. The monoisotopic (exact) mass is 258 g/mol. The summed E-state index contributed by atoms with van der Waals surface area (Å²) in [5.41, 5.74) is 1.37. The van der Waals surface area contributed by atoms with Crippen molar-refractivity contribution in [3.8, 4) is 0 Å². The third-order valence-corrected chi connectivity index (χ3v) is 2.30. The lowest BCUT2D eigenvalue weighted by Crippen LogP contribution is -1.96. The van der Waals surface area contributed by atoms with Gasteiger partial charge in [0.25, 0.3) is 0 Å². The van der Waals surface area contributed by atoms with E-state index in [1.807, 2.05) is 0 Å². The Bertz CT molecular complexity index is 500. The van der Waals surface area contributed by atoms with Crippen molar-refractivity contribution in [3.05, 3.63) is 72.4 Å². The van der Waals surface area contributed by atoms with Crippen LogP contribution >= 0.6 is 0 Å². The quantitative estimate of drug-likeness (QED) is 0.746. The molecule has 98 valence electrons. The van der Waals surface area contributed by atoms with Gasteiger partial charge in [-0.1, -0.05) is 54.7 Å². The molecule has 0 radical (unpaired) electrons. The molecule has 1 atom stereocenters. The minimum Gasteiger partial charge on any atom is -0.478 e. The summed E-state index contributed by atoms with van der Waals surface area (Å²) in [6.07, 6.45) is 20.2. The normalized spacial score (nSPS) is 19.2. The number of rotatable bonds is 2. The van der Waals surface area contributed by atoms with Crippen molar-refractivity contribution < 1.29 is 19.8 Å². The minimum absolute atomic E-state index is 0.495. The average molecular weight is 258 g/mol. The van der Waals surface area contributed by atoms with Gasteiger partial charge < -0.3 is 10.2 Å². The zero-order valence-electron chi connectivity index (χ0n) is 10.1. The molecule has 0 heterocycles. The third-order valence-electron chi connectivity index (χ3n) is 2.30. The Labute approximate surface area is 111 Å². The molecule has 0 aliphatic heterocycles. The Hall–Kier alpha value is -2.62. The van der Waals surface area contributed by atoms with E-state index < -0.39 is 11.9 Å². The van der Waals surface area contributed by atoms with Gasteiger partial charge in [0, 0.05) is 18.1 Å². The predicted octanol–water partition coefficient (Wildman–Crippen LogP) is 2.49. The lowest BCUT2D eigenvalue weighted by Gasteiger charge is -2.10. The van der Waals surface area contributed by atoms with E-state index in [9.17, 15) is 9.59 Å². The molecule has 2 aliphatic carbocycles. The molecule has 2 N–H and O–H groups in total. The van der Waals surface area contributed by atoms with E-state index in [1.54, 1.807) is 0 Å². The highest BCUT2D eigenvalue weighted by molar-refractivity contribution is 5.89. The number of aliphatic carboxylic acids is 2. The number of fused-ring (bicyclic) bond motifs is 1. The Morgan fingerprint density at radius 1 is 0.895 bits per heavy atom. The number of carbonyl (C=O) groups is 2. The molecular formula is C15H14O4. The van der Waals surface area contributed by atoms with Gasteiger partial charge in [-0.15, -0.1) is 0 Å². The second-order valence-corrected chi connectivity index (χ2v) is 3.72. The maximum atomic E-state index is 9.55. The van der Waals surface area contributed by atoms with Crippen LogP contribution in [-0.2, 0) is 9.59 Å². The highest BCUT2D eigenvalue weighted by Crippen LogP contribution is 2.21. The first kappa shape index (κ1) is 14.4. The van der Waals surface area contributed by atoms with Crippen molar-refractivity contribution in [2.45, 2.75) is 0 Å². The van der Waals surface area contributed by atoms with E-state index in [0.29, 0.717) is 18.1 Å². The van der Waals surface area contributed by atoms with Crippen LogP contribution in [0.15, 0.2) is 72.4 Å². The van der Waals surface area contributed by atoms with Crippen molar-refractivity contribution in [1.29, 1.82) is 0 Å². The molecule has 4 heteroatoms. The van der Waals surface area contributed by atoms with Gasteiger partial charge in [0.15, 0.2) is 0 Å². The van der Waals surface area contributed by atoms with Crippen molar-refractivity contribution in [1.82, 2.24) is 0 Å². The van der Waals surface area contributed by atoms with Gasteiger partial charge in [-0.25, -0.2) is 9.59 Å². The predicted molar refractivity (Wildman–Crippen MR) is 72.5 cm³/mol. The number of hydrogen-bond donors (Lipinski definition) is 2. The van der Waals surface area contributed by atoms with E-state index >= 15 is 0 Å². The summed E-state index contributed by atoms with van der Waals surface area (Å²) in [7, 11) is 0. The topological polar surface area (TPSA) is 74.6 Å². The first-order valence-corrected chi connectivity index (χ1v) is 5.63. The number of allylic oxidation sites excluding steroid dienone is 10. The molecule has 0 aromatic carbocycles. The van der Waals surface area contributed by atoms with Gasteiger partial charge in [-0.05, 0) is 5.57 Å². The first-order valence-electron chi connectivity index (χ1n) is 5.63. The van der Waals surface area contributed by atoms with Gasteiger partial charge in [-0.3, -0.25) is 0 Å². The van der Waals surface area contributed by atoms with E-state index in [2.05, 4.69) is 54.7 Å². The van der Waals surface area contributed by atoms with Crippen LogP contribution in [0.3, 0.4) is 0 Å². The summed E-state index contributed by atoms with van der Waals surface area (Å²) < 4.78 is 0. The molecule has 0 fully saturated rings. The summed E-state index contributed by atoms with van der Waals surface area (Å²) in [6.45, 7) is 0. The fourth-order valence-corrected chi connectivity index (χ4v) is 1.47. The SMILES string of the molecule is C1=CC=C2C=CC=CC2C=C1.O=C(O)/C=C/C(=O)O. The summed E-state index contributed by atoms with van der Waals surface area (Å²) >= 11 is 0. The van der Waals surface area contributed by atoms with Crippen LogP contribution in [0.25, 0.3) is 0 Å². The zero-order chi connectivity index (χ0) is 14.1. The van der Waals surface area contributed by atoms with E-state index in [1.165, 1.54) is 5.57 Å². The van der Waals surface area contributed by atoms with Crippen LogP contribution in [0.4, 0.5) is 0 Å². The molecule has 0 bridgehead atoms. The van der Waals surface area contributed by atoms with Crippen LogP contribution < -0.4 is 0 Å². The summed E-state index contributed by atoms with van der Waals surface area (Å²) in [5.74, 6) is -2.02. The highest BCUT2D eigenvalue weighted by Gasteiger charge is 2.06. The van der Waals surface area contributed by atoms with Crippen LogP contribution in [0.1, 0.15) is 0 Å². The number of hydrogen-bond acceptors (Lipinski definition) is 2. The largest absolute Gasteiger partial charge is 0.478 e. The average Bonchev–Trinajstić information content (AvgIpc) is 2.62. The molecule has 19 heavy (non-hydrogen) atoms. The van der Waals surface area contributed by atoms with E-state index in [-0.39, 0.29) is 0 Å². The van der Waals surface area contributed by atoms with Crippen LogP contribution in [0.5, 0.6) is 0 Å². The van der Waals surface area contributed by atoms with Gasteiger partial charge in [0.1, 0.15) is 0 Å². The molecule has 0 saturated carbocycles. The molecule has 2 aliphatic rings. The van der Waals surface area contributed by atoms with Gasteiger partial charge in [0.2, 0.25) is 0 Å². The Balaban J connectivity index is 0.000000203. The van der Waals surface area contributed by atoms with E-state index in [0.717, 1.165) is 0 Å². The first-order chi connectivity index (χ1) is 9.09. The fraction of sp³-hybridized carbons (Fsp3) is 0.0667. The smallest absolute Gasteiger partial charge is 0.328 e. The second kappa shape index (κ2) is 7.66. The minimum atomic E-state index is -1.26. The summed E-state index contributed by atoms with van der Waals surface area (Å²) in [5, 5.41) is 15.6. The van der Waals surface area contributed by atoms with E-state index in [4.69, 9.17) is 10.2 Å². The van der Waals surface area contributed by atoms with Gasteiger partial charge in [-0.2, -0.15) is 0 Å². The van der Waals surface area contributed by atoms with Crippen molar-refractivity contribution in [2.75, 3.05) is 0 Å². The maximum absolute atomic E-state index is 9.55. The molecule has 0 spiro atoms. The number of carboxylic acid groups (broad SMARTS) is 2. The molecule has 1 unspecified atom stereocenters. The fourth-order valence-electron chi connectivity index (χ4n) is 1.47. The van der Waals surface area contributed by atoms with Gasteiger partial charge in [0.05, 0.1) is 0 Å². The Morgan fingerprint density at radius 2 is 1.47 bits per heavy atom. The molecule has 0 aromatic rings. The Morgan fingerprint density at radius 3 is 2.05 bits per heavy atom. The Kier molecular flexibility index (Phi) is 5.82. The number of carboxylic acids is 2. The van der Waals surface area contributed by atoms with Gasteiger partial charge >= 0.3 is 11.9 Å². The van der Waals surface area contributed by atoms with Crippen molar-refractivity contribution >= 4 is 11.9 Å². The second-order valence-electron chi connectivity index (χ2n) is 3.72. The van der Waals surface area contributed by atoms with Crippen LogP contribution in [-0.4, -0.2) is 22.2 Å². The molecule has 4 nitrogen and oxygen atoms in total. The zero-order valence-corrected chi connectivity index (χ0v) is 10.1. The molecule has 0 saturated heterocycles. The third kappa shape index (κ3) is 6.02. The molecule has 0 amide bonds. The standard InChI is InChI=1S/C11H10.C4H4O4/c1-2-6-10-8-4-5-9-11(10)7-3-1;5-3(6)1-2-4(7)8/h1-10H;1-2H,(H,5,6)(H,7,8)/b;2-1+. The molecule has 2 rings (SSSR count). The van der Waals surface area contributed by atoms with Crippen molar-refractivity contribution in [3.63, 3.8) is 0 Å². The summed E-state index contributed by atoms with van der Waals surface area (Å²) in [6, 6.07) is 0. The highest BCUT2D eigenvalue weighted by atomic mass is 16.4. The summed E-state index contributed by atoms with van der Waals surface area (Å²) in [4.78, 5) is 19.1.